The van der Waals surface area contributed by atoms with Crippen LogP contribution in [-0.4, -0.2) is 9.97 Å². The largest absolute Gasteiger partial charge is 0.338 e. The van der Waals surface area contributed by atoms with Crippen LogP contribution in [0, 0.1) is 17.2 Å². The lowest BCUT2D eigenvalue weighted by molar-refractivity contribution is 0.689. The molecule has 0 bridgehead atoms. The van der Waals surface area contributed by atoms with Crippen LogP contribution in [0.25, 0.3) is 28.2 Å². The molecule has 0 radical (unpaired) electrons. The molecule has 1 aliphatic rings. The Morgan fingerprint density at radius 2 is 1.96 bits per heavy atom. The summed E-state index contributed by atoms with van der Waals surface area (Å²) >= 11 is 0. The first-order chi connectivity index (χ1) is 11.8. The molecule has 3 aromatic rings. The molecule has 0 saturated heterocycles. The number of imidazole rings is 1. The SMILES string of the molecule is N#Cc1ccccc1-c1ccc2nc(C=CC3CCCC3)[nH]c2c1. The average Bonchev–Trinajstić information content (AvgIpc) is 3.28. The Kier molecular flexibility index (Phi) is 3.88. The minimum atomic E-state index is 0.692. The molecule has 2 aromatic carbocycles. The van der Waals surface area contributed by atoms with Crippen LogP contribution in [0.15, 0.2) is 48.5 Å². The highest BCUT2D eigenvalue weighted by atomic mass is 14.9. The van der Waals surface area contributed by atoms with Crippen molar-refractivity contribution < 1.29 is 0 Å². The predicted molar refractivity (Wildman–Crippen MR) is 97.2 cm³/mol. The lowest BCUT2D eigenvalue weighted by atomic mass is 10.0. The summed E-state index contributed by atoms with van der Waals surface area (Å²) in [6.45, 7) is 0. The van der Waals surface area contributed by atoms with E-state index in [9.17, 15) is 5.26 Å². The molecule has 1 fully saturated rings. The molecule has 0 aliphatic heterocycles. The topological polar surface area (TPSA) is 52.5 Å². The van der Waals surface area contributed by atoms with Crippen LogP contribution in [0.3, 0.4) is 0 Å². The summed E-state index contributed by atoms with van der Waals surface area (Å²) in [7, 11) is 0. The van der Waals surface area contributed by atoms with E-state index in [0.29, 0.717) is 11.5 Å². The number of hydrogen-bond donors (Lipinski definition) is 1. The standard InChI is InChI=1S/C21H19N3/c22-14-17-7-3-4-8-18(17)16-10-11-19-20(13-16)24-21(23-19)12-9-15-5-1-2-6-15/h3-4,7-13,15H,1-2,5-6H2,(H,23,24). The first kappa shape index (κ1) is 14.7. The smallest absolute Gasteiger partial charge is 0.130 e. The summed E-state index contributed by atoms with van der Waals surface area (Å²) < 4.78 is 0. The number of aromatic nitrogens is 2. The van der Waals surface area contributed by atoms with E-state index in [1.54, 1.807) is 0 Å². The Morgan fingerprint density at radius 3 is 2.79 bits per heavy atom. The molecular weight excluding hydrogens is 294 g/mol. The van der Waals surface area contributed by atoms with Crippen molar-refractivity contribution in [2.45, 2.75) is 25.7 Å². The molecule has 24 heavy (non-hydrogen) atoms. The summed E-state index contributed by atoms with van der Waals surface area (Å²) in [4.78, 5) is 8.03. The van der Waals surface area contributed by atoms with Crippen LogP contribution < -0.4 is 0 Å². The van der Waals surface area contributed by atoms with E-state index in [-0.39, 0.29) is 0 Å². The maximum absolute atomic E-state index is 9.29. The van der Waals surface area contributed by atoms with Crippen LogP contribution in [0.1, 0.15) is 37.1 Å². The first-order valence-corrected chi connectivity index (χ1v) is 8.51. The summed E-state index contributed by atoms with van der Waals surface area (Å²) in [6, 6.07) is 16.1. The number of rotatable bonds is 3. The predicted octanol–water partition coefficient (Wildman–Crippen LogP) is 5.30. The second kappa shape index (κ2) is 6.33. The Hall–Kier alpha value is -2.86. The van der Waals surface area contributed by atoms with E-state index in [1.165, 1.54) is 25.7 Å². The maximum Gasteiger partial charge on any atom is 0.130 e. The Bertz CT molecular complexity index is 937. The molecular formula is C21H19N3. The van der Waals surface area contributed by atoms with Gasteiger partial charge in [-0.3, -0.25) is 0 Å². The number of allylic oxidation sites excluding steroid dienone is 1. The van der Waals surface area contributed by atoms with Crippen molar-refractivity contribution in [3.63, 3.8) is 0 Å². The molecule has 3 heteroatoms. The fraction of sp³-hybridized carbons (Fsp3) is 0.238. The van der Waals surface area contributed by atoms with Gasteiger partial charge in [0.05, 0.1) is 22.7 Å². The van der Waals surface area contributed by atoms with Gasteiger partial charge >= 0.3 is 0 Å². The number of nitrogens with one attached hydrogen (secondary N) is 1. The average molecular weight is 313 g/mol. The van der Waals surface area contributed by atoms with Gasteiger partial charge in [-0.25, -0.2) is 4.98 Å². The minimum absolute atomic E-state index is 0.692. The third kappa shape index (κ3) is 2.83. The van der Waals surface area contributed by atoms with Gasteiger partial charge in [-0.1, -0.05) is 43.2 Å². The van der Waals surface area contributed by atoms with Gasteiger partial charge in [-0.05, 0) is 54.2 Å². The van der Waals surface area contributed by atoms with Crippen molar-refractivity contribution in [1.82, 2.24) is 9.97 Å². The van der Waals surface area contributed by atoms with Crippen molar-refractivity contribution in [2.24, 2.45) is 5.92 Å². The first-order valence-electron chi connectivity index (χ1n) is 8.51. The third-order valence-electron chi connectivity index (χ3n) is 4.78. The summed E-state index contributed by atoms with van der Waals surface area (Å²) in [5.41, 5.74) is 4.65. The second-order valence-electron chi connectivity index (χ2n) is 6.42. The van der Waals surface area contributed by atoms with Crippen LogP contribution in [-0.2, 0) is 0 Å². The third-order valence-corrected chi connectivity index (χ3v) is 4.78. The van der Waals surface area contributed by atoms with Gasteiger partial charge in [0.15, 0.2) is 0 Å². The highest BCUT2D eigenvalue weighted by molar-refractivity contribution is 5.84. The molecule has 1 saturated carbocycles. The zero-order valence-corrected chi connectivity index (χ0v) is 13.5. The van der Waals surface area contributed by atoms with E-state index in [4.69, 9.17) is 0 Å². The Labute approximate surface area is 141 Å². The number of aromatic amines is 1. The molecule has 0 amide bonds. The molecule has 4 rings (SSSR count). The second-order valence-corrected chi connectivity index (χ2v) is 6.42. The zero-order valence-electron chi connectivity index (χ0n) is 13.5. The van der Waals surface area contributed by atoms with E-state index in [1.807, 2.05) is 36.4 Å². The minimum Gasteiger partial charge on any atom is -0.338 e. The molecule has 3 nitrogen and oxygen atoms in total. The van der Waals surface area contributed by atoms with Crippen LogP contribution in [0.4, 0.5) is 0 Å². The molecule has 1 heterocycles. The van der Waals surface area contributed by atoms with Gasteiger partial charge in [-0.2, -0.15) is 5.26 Å². The highest BCUT2D eigenvalue weighted by Gasteiger charge is 2.12. The van der Waals surface area contributed by atoms with E-state index in [0.717, 1.165) is 28.0 Å². The van der Waals surface area contributed by atoms with E-state index in [2.05, 4.69) is 34.3 Å². The monoisotopic (exact) mass is 313 g/mol. The van der Waals surface area contributed by atoms with Crippen LogP contribution >= 0.6 is 0 Å². The molecule has 0 atom stereocenters. The van der Waals surface area contributed by atoms with Crippen LogP contribution in [0.5, 0.6) is 0 Å². The molecule has 1 aliphatic carbocycles. The maximum atomic E-state index is 9.29. The lowest BCUT2D eigenvalue weighted by Gasteiger charge is -2.03. The zero-order chi connectivity index (χ0) is 16.4. The highest BCUT2D eigenvalue weighted by Crippen LogP contribution is 2.28. The van der Waals surface area contributed by atoms with Gasteiger partial charge in [0.1, 0.15) is 5.82 Å². The van der Waals surface area contributed by atoms with Crippen molar-refractivity contribution >= 4 is 17.1 Å². The van der Waals surface area contributed by atoms with E-state index < -0.39 is 0 Å². The fourth-order valence-electron chi connectivity index (χ4n) is 3.49. The molecule has 0 unspecified atom stereocenters. The van der Waals surface area contributed by atoms with Gasteiger partial charge in [0.2, 0.25) is 0 Å². The number of benzene rings is 2. The lowest BCUT2D eigenvalue weighted by Crippen LogP contribution is -1.85. The number of fused-ring (bicyclic) bond motifs is 1. The fourth-order valence-corrected chi connectivity index (χ4v) is 3.49. The Balaban J connectivity index is 1.67. The summed E-state index contributed by atoms with van der Waals surface area (Å²) in [6.07, 6.45) is 9.68. The molecule has 0 spiro atoms. The molecule has 1 N–H and O–H groups in total. The van der Waals surface area contributed by atoms with Gasteiger partial charge in [0, 0.05) is 0 Å². The van der Waals surface area contributed by atoms with E-state index >= 15 is 0 Å². The number of hydrogen-bond acceptors (Lipinski definition) is 2. The quantitative estimate of drug-likeness (QED) is 0.713. The summed E-state index contributed by atoms with van der Waals surface area (Å²) in [5.74, 6) is 1.61. The normalized spacial score (nSPS) is 15.3. The van der Waals surface area contributed by atoms with Gasteiger partial charge < -0.3 is 4.98 Å². The van der Waals surface area contributed by atoms with Gasteiger partial charge in [0.25, 0.3) is 0 Å². The van der Waals surface area contributed by atoms with Crippen LogP contribution in [0.2, 0.25) is 0 Å². The molecule has 118 valence electrons. The van der Waals surface area contributed by atoms with Crippen molar-refractivity contribution in [3.8, 4) is 17.2 Å². The Morgan fingerprint density at radius 1 is 1.12 bits per heavy atom. The van der Waals surface area contributed by atoms with Crippen molar-refractivity contribution in [2.75, 3.05) is 0 Å². The van der Waals surface area contributed by atoms with Crippen molar-refractivity contribution in [3.05, 3.63) is 59.9 Å². The summed E-state index contributed by atoms with van der Waals surface area (Å²) in [5, 5.41) is 9.29. The number of H-pyrrole nitrogens is 1. The van der Waals surface area contributed by atoms with Gasteiger partial charge in [-0.15, -0.1) is 0 Å². The molecule has 1 aromatic heterocycles. The number of nitrogens with zero attached hydrogens (tertiary/aromatic N) is 2. The van der Waals surface area contributed by atoms with Crippen molar-refractivity contribution in [1.29, 1.82) is 5.26 Å². The number of nitriles is 1.